The standard InChI is InChI=1S/C12H25N3S2/c1-13-12(14-7-3-4-8-16-2)15-10-11-6-5-9-17-11/h11H,3-10H2,1-2H3,(H2,13,14,15). The fraction of sp³-hybridized carbons (Fsp3) is 0.917. The summed E-state index contributed by atoms with van der Waals surface area (Å²) in [5.74, 6) is 3.54. The molecule has 3 nitrogen and oxygen atoms in total. The number of thioether (sulfide) groups is 2. The van der Waals surface area contributed by atoms with E-state index in [2.05, 4.69) is 33.6 Å². The molecule has 1 heterocycles. The van der Waals surface area contributed by atoms with Crippen LogP contribution in [0.1, 0.15) is 25.7 Å². The molecular weight excluding hydrogens is 250 g/mol. The third kappa shape index (κ3) is 7.09. The van der Waals surface area contributed by atoms with Crippen LogP contribution in [0.5, 0.6) is 0 Å². The fourth-order valence-electron chi connectivity index (χ4n) is 1.81. The van der Waals surface area contributed by atoms with Crippen LogP contribution < -0.4 is 10.6 Å². The van der Waals surface area contributed by atoms with E-state index in [1.54, 1.807) is 0 Å². The Morgan fingerprint density at radius 1 is 1.41 bits per heavy atom. The van der Waals surface area contributed by atoms with Gasteiger partial charge in [0.05, 0.1) is 0 Å². The number of hydrogen-bond acceptors (Lipinski definition) is 3. The zero-order valence-corrected chi connectivity index (χ0v) is 12.6. The molecule has 0 radical (unpaired) electrons. The maximum Gasteiger partial charge on any atom is 0.191 e. The normalized spacial score (nSPS) is 20.6. The Morgan fingerprint density at radius 2 is 2.29 bits per heavy atom. The number of hydrogen-bond donors (Lipinski definition) is 2. The molecule has 0 aromatic heterocycles. The first-order chi connectivity index (χ1) is 8.36. The van der Waals surface area contributed by atoms with Crippen molar-refractivity contribution in [2.75, 3.05) is 37.9 Å². The van der Waals surface area contributed by atoms with Gasteiger partial charge in [-0.2, -0.15) is 23.5 Å². The number of aliphatic imine (C=N–C) groups is 1. The smallest absolute Gasteiger partial charge is 0.191 e. The summed E-state index contributed by atoms with van der Waals surface area (Å²) in [7, 11) is 1.85. The van der Waals surface area contributed by atoms with E-state index in [0.29, 0.717) is 0 Å². The van der Waals surface area contributed by atoms with Crippen LogP contribution in [0.2, 0.25) is 0 Å². The largest absolute Gasteiger partial charge is 0.356 e. The summed E-state index contributed by atoms with van der Waals surface area (Å²) in [5, 5.41) is 7.57. The predicted molar refractivity (Wildman–Crippen MR) is 82.5 cm³/mol. The van der Waals surface area contributed by atoms with Gasteiger partial charge in [0, 0.05) is 25.4 Å². The van der Waals surface area contributed by atoms with Gasteiger partial charge < -0.3 is 10.6 Å². The van der Waals surface area contributed by atoms with Gasteiger partial charge in [0.25, 0.3) is 0 Å². The highest BCUT2D eigenvalue weighted by molar-refractivity contribution is 8.00. The van der Waals surface area contributed by atoms with Crippen LogP contribution in [0.4, 0.5) is 0 Å². The molecule has 5 heteroatoms. The molecule has 1 aliphatic heterocycles. The van der Waals surface area contributed by atoms with Gasteiger partial charge in [0.15, 0.2) is 5.96 Å². The van der Waals surface area contributed by atoms with E-state index < -0.39 is 0 Å². The average Bonchev–Trinajstić information content (AvgIpc) is 2.86. The van der Waals surface area contributed by atoms with Gasteiger partial charge in [-0.15, -0.1) is 0 Å². The van der Waals surface area contributed by atoms with Crippen molar-refractivity contribution in [2.24, 2.45) is 4.99 Å². The Balaban J connectivity index is 2.03. The lowest BCUT2D eigenvalue weighted by Crippen LogP contribution is -2.40. The maximum absolute atomic E-state index is 4.25. The van der Waals surface area contributed by atoms with Crippen molar-refractivity contribution in [3.8, 4) is 0 Å². The number of unbranched alkanes of at least 4 members (excludes halogenated alkanes) is 1. The second-order valence-electron chi connectivity index (χ2n) is 4.21. The second-order valence-corrected chi connectivity index (χ2v) is 6.61. The first kappa shape index (κ1) is 15.0. The molecule has 1 unspecified atom stereocenters. The van der Waals surface area contributed by atoms with E-state index >= 15 is 0 Å². The maximum atomic E-state index is 4.25. The Hall–Kier alpha value is -0.0300. The molecule has 0 bridgehead atoms. The number of nitrogens with one attached hydrogen (secondary N) is 2. The molecule has 0 aliphatic carbocycles. The quantitative estimate of drug-likeness (QED) is 0.424. The SMILES string of the molecule is CN=C(NCCCCSC)NCC1CCCS1. The van der Waals surface area contributed by atoms with Gasteiger partial charge in [-0.1, -0.05) is 0 Å². The van der Waals surface area contributed by atoms with Crippen LogP contribution in [0.15, 0.2) is 4.99 Å². The summed E-state index contributed by atoms with van der Waals surface area (Å²) in [5.41, 5.74) is 0. The number of nitrogens with zero attached hydrogens (tertiary/aromatic N) is 1. The van der Waals surface area contributed by atoms with Crippen molar-refractivity contribution in [2.45, 2.75) is 30.9 Å². The zero-order valence-electron chi connectivity index (χ0n) is 11.0. The van der Waals surface area contributed by atoms with Gasteiger partial charge in [-0.05, 0) is 43.4 Å². The van der Waals surface area contributed by atoms with E-state index in [-0.39, 0.29) is 0 Å². The molecule has 0 amide bonds. The van der Waals surface area contributed by atoms with Crippen molar-refractivity contribution < 1.29 is 0 Å². The summed E-state index contributed by atoms with van der Waals surface area (Å²) < 4.78 is 0. The highest BCUT2D eigenvalue weighted by atomic mass is 32.2. The van der Waals surface area contributed by atoms with Crippen molar-refractivity contribution in [3.63, 3.8) is 0 Å². The van der Waals surface area contributed by atoms with Gasteiger partial charge in [0.1, 0.15) is 0 Å². The van der Waals surface area contributed by atoms with Crippen molar-refractivity contribution in [3.05, 3.63) is 0 Å². The number of rotatable bonds is 7. The van der Waals surface area contributed by atoms with Crippen LogP contribution in [-0.4, -0.2) is 49.1 Å². The van der Waals surface area contributed by atoms with Crippen LogP contribution in [-0.2, 0) is 0 Å². The highest BCUT2D eigenvalue weighted by Crippen LogP contribution is 2.25. The van der Waals surface area contributed by atoms with Crippen molar-refractivity contribution in [1.82, 2.24) is 10.6 Å². The number of guanidine groups is 1. The Labute approximate surface area is 114 Å². The lowest BCUT2D eigenvalue weighted by molar-refractivity contribution is 0.706. The van der Waals surface area contributed by atoms with Gasteiger partial charge in [0.2, 0.25) is 0 Å². The predicted octanol–water partition coefficient (Wildman–Crippen LogP) is 2.19. The molecule has 2 N–H and O–H groups in total. The lowest BCUT2D eigenvalue weighted by Gasteiger charge is -2.14. The minimum atomic E-state index is 0.782. The lowest BCUT2D eigenvalue weighted by atomic mass is 10.2. The molecule has 1 saturated heterocycles. The molecule has 1 aliphatic rings. The summed E-state index contributed by atoms with van der Waals surface area (Å²) in [6.45, 7) is 2.08. The van der Waals surface area contributed by atoms with E-state index in [0.717, 1.165) is 24.3 Å². The minimum absolute atomic E-state index is 0.782. The molecule has 0 aromatic rings. The van der Waals surface area contributed by atoms with E-state index in [4.69, 9.17) is 0 Å². The molecule has 1 rings (SSSR count). The topological polar surface area (TPSA) is 36.4 Å². The van der Waals surface area contributed by atoms with Crippen LogP contribution >= 0.6 is 23.5 Å². The molecule has 0 aromatic carbocycles. The van der Waals surface area contributed by atoms with E-state index in [1.165, 1.54) is 37.2 Å². The molecule has 100 valence electrons. The summed E-state index contributed by atoms with van der Waals surface area (Å²) in [6.07, 6.45) is 7.39. The third-order valence-corrected chi connectivity index (χ3v) is 4.91. The highest BCUT2D eigenvalue weighted by Gasteiger charge is 2.15. The summed E-state index contributed by atoms with van der Waals surface area (Å²) in [6, 6.07) is 0. The van der Waals surface area contributed by atoms with Crippen LogP contribution in [0, 0.1) is 0 Å². The van der Waals surface area contributed by atoms with Gasteiger partial charge in [-0.3, -0.25) is 4.99 Å². The van der Waals surface area contributed by atoms with Gasteiger partial charge >= 0.3 is 0 Å². The van der Waals surface area contributed by atoms with Crippen molar-refractivity contribution in [1.29, 1.82) is 0 Å². The molecule has 0 spiro atoms. The second kappa shape index (κ2) is 9.95. The first-order valence-electron chi connectivity index (χ1n) is 6.42. The van der Waals surface area contributed by atoms with E-state index in [9.17, 15) is 0 Å². The minimum Gasteiger partial charge on any atom is -0.356 e. The Bertz CT molecular complexity index is 216. The Morgan fingerprint density at radius 3 is 2.94 bits per heavy atom. The summed E-state index contributed by atoms with van der Waals surface area (Å²) >= 11 is 4.00. The Kier molecular flexibility index (Phi) is 8.79. The summed E-state index contributed by atoms with van der Waals surface area (Å²) in [4.78, 5) is 4.25. The fourth-order valence-corrected chi connectivity index (χ4v) is 3.51. The van der Waals surface area contributed by atoms with Crippen LogP contribution in [0.3, 0.4) is 0 Å². The first-order valence-corrected chi connectivity index (χ1v) is 8.86. The molecular formula is C12H25N3S2. The zero-order chi connectivity index (χ0) is 12.3. The molecule has 1 fully saturated rings. The van der Waals surface area contributed by atoms with Crippen molar-refractivity contribution >= 4 is 29.5 Å². The third-order valence-electron chi connectivity index (χ3n) is 2.81. The van der Waals surface area contributed by atoms with Gasteiger partial charge in [-0.25, -0.2) is 0 Å². The molecule has 0 saturated carbocycles. The molecule has 17 heavy (non-hydrogen) atoms. The van der Waals surface area contributed by atoms with Crippen LogP contribution in [0.25, 0.3) is 0 Å². The van der Waals surface area contributed by atoms with E-state index in [1.807, 2.05) is 18.8 Å². The molecule has 1 atom stereocenters. The monoisotopic (exact) mass is 275 g/mol. The average molecular weight is 275 g/mol.